The van der Waals surface area contributed by atoms with Crippen molar-refractivity contribution in [3.63, 3.8) is 0 Å². The van der Waals surface area contributed by atoms with Crippen LogP contribution in [-0.2, 0) is 0 Å². The fraction of sp³-hybridized carbons (Fsp3) is 1.00. The van der Waals surface area contributed by atoms with Crippen molar-refractivity contribution in [2.24, 2.45) is 0 Å². The van der Waals surface area contributed by atoms with Gasteiger partial charge in [-0.2, -0.15) is 0 Å². The first kappa shape index (κ1) is 28.7. The third-order valence-corrected chi connectivity index (χ3v) is 7.16. The Hall–Kier alpha value is 0.462. The summed E-state index contributed by atoms with van der Waals surface area (Å²) in [6.45, 7) is 4.61. The van der Waals surface area contributed by atoms with Crippen molar-refractivity contribution < 1.29 is 4.70 Å². The Kier molecular flexibility index (Phi) is 30.5. The summed E-state index contributed by atoms with van der Waals surface area (Å²) in [7, 11) is 0. The minimum atomic E-state index is 0. The quantitative estimate of drug-likeness (QED) is 0.150. The first-order valence-electron chi connectivity index (χ1n) is 12.2. The third kappa shape index (κ3) is 26.7. The van der Waals surface area contributed by atoms with Crippen molar-refractivity contribution in [2.45, 2.75) is 153 Å². The van der Waals surface area contributed by atoms with E-state index in [1.807, 2.05) is 0 Å². The Bertz CT molecular complexity index is 198. The van der Waals surface area contributed by atoms with E-state index in [0.29, 0.717) is 0 Å². The minimum absolute atomic E-state index is 0. The van der Waals surface area contributed by atoms with Gasteiger partial charge in [-0.25, -0.2) is 0 Å². The van der Waals surface area contributed by atoms with Gasteiger partial charge < -0.3 is 4.70 Å². The maximum atomic E-state index is 2.30. The van der Waals surface area contributed by atoms with Gasteiger partial charge in [0.05, 0.1) is 0 Å². The molecule has 0 unspecified atom stereocenters. The average molecular weight is 385 g/mol. The van der Waals surface area contributed by atoms with Gasteiger partial charge in [-0.15, -0.1) is 0 Å². The van der Waals surface area contributed by atoms with Crippen molar-refractivity contribution in [2.75, 3.05) is 0 Å². The molecule has 0 N–H and O–H groups in total. The fourth-order valence-electron chi connectivity index (χ4n) is 3.70. The molecule has 156 valence electrons. The molecule has 0 bridgehead atoms. The summed E-state index contributed by atoms with van der Waals surface area (Å²) >= 11 is 0.780. The second-order valence-electron chi connectivity index (χ2n) is 8.23. The van der Waals surface area contributed by atoms with Gasteiger partial charge in [0, 0.05) is 0 Å². The summed E-state index contributed by atoms with van der Waals surface area (Å²) in [5.41, 5.74) is 0. The van der Waals surface area contributed by atoms with Gasteiger partial charge in [-0.05, 0) is 0 Å². The second-order valence-corrected chi connectivity index (χ2v) is 9.96. The topological polar surface area (TPSA) is 0 Å². The monoisotopic (exact) mass is 384 g/mol. The summed E-state index contributed by atoms with van der Waals surface area (Å²) in [5.74, 6) is 0. The van der Waals surface area contributed by atoms with Crippen LogP contribution in [0.5, 0.6) is 0 Å². The smallest absolute Gasteiger partial charge is 1.00 e. The van der Waals surface area contributed by atoms with Gasteiger partial charge in [-0.3, -0.25) is 0 Å². The molecule has 0 saturated carbocycles. The van der Waals surface area contributed by atoms with Crippen molar-refractivity contribution >= 4 is 15.2 Å². The van der Waals surface area contributed by atoms with E-state index < -0.39 is 0 Å². The van der Waals surface area contributed by atoms with Crippen molar-refractivity contribution in [3.8, 4) is 0 Å². The van der Waals surface area contributed by atoms with E-state index in [0.717, 1.165) is 15.2 Å². The number of hydrogen-bond acceptors (Lipinski definition) is 0. The summed E-state index contributed by atoms with van der Waals surface area (Å²) < 4.78 is 0. The molecule has 0 aliphatic rings. The standard InChI is InChI=1S/2C12H25.Al.FH/c2*1-3-5-7-9-11-12-10-8-6-4-2;;/h2*1,3-12H2,2H3;;1H/q;;+1;/p-1. The van der Waals surface area contributed by atoms with Crippen molar-refractivity contribution in [3.05, 3.63) is 0 Å². The normalized spacial score (nSPS) is 10.5. The molecular weight excluding hydrogens is 334 g/mol. The van der Waals surface area contributed by atoms with Crippen molar-refractivity contribution in [1.29, 1.82) is 0 Å². The first-order chi connectivity index (χ1) is 12.4. The van der Waals surface area contributed by atoms with Crippen LogP contribution in [-0.4, -0.2) is 15.2 Å². The van der Waals surface area contributed by atoms with Crippen molar-refractivity contribution in [1.82, 2.24) is 0 Å². The van der Waals surface area contributed by atoms with Gasteiger partial charge in [0.1, 0.15) is 0 Å². The summed E-state index contributed by atoms with van der Waals surface area (Å²) in [5, 5.41) is 3.15. The van der Waals surface area contributed by atoms with E-state index in [9.17, 15) is 0 Å². The van der Waals surface area contributed by atoms with Crippen LogP contribution in [0.15, 0.2) is 0 Å². The number of halogens is 1. The molecule has 0 aromatic rings. The van der Waals surface area contributed by atoms with Gasteiger partial charge in [0.15, 0.2) is 0 Å². The predicted octanol–water partition coefficient (Wildman–Crippen LogP) is 6.37. The second kappa shape index (κ2) is 27.7. The maximum absolute atomic E-state index is 2.30. The van der Waals surface area contributed by atoms with Crippen LogP contribution >= 0.6 is 0 Å². The van der Waals surface area contributed by atoms with Crippen LogP contribution in [0.1, 0.15) is 142 Å². The SMILES string of the molecule is CCCCCCCCCCC[CH2][Al+][CH2]CCCCCCCCCCC.[F-]. The molecule has 0 spiro atoms. The summed E-state index contributed by atoms with van der Waals surface area (Å²) in [6.07, 6.45) is 29.6. The van der Waals surface area contributed by atoms with Gasteiger partial charge in [0.25, 0.3) is 0 Å². The van der Waals surface area contributed by atoms with Crippen LogP contribution in [0, 0.1) is 0 Å². The first-order valence-corrected chi connectivity index (χ1v) is 13.9. The molecule has 0 radical (unpaired) electrons. The van der Waals surface area contributed by atoms with Crippen LogP contribution in [0.2, 0.25) is 10.6 Å². The Labute approximate surface area is 172 Å². The van der Waals surface area contributed by atoms with E-state index in [2.05, 4.69) is 13.8 Å². The Balaban J connectivity index is 0. The van der Waals surface area contributed by atoms with Crippen LogP contribution in [0.4, 0.5) is 0 Å². The number of hydrogen-bond donors (Lipinski definition) is 0. The predicted molar refractivity (Wildman–Crippen MR) is 119 cm³/mol. The zero-order chi connectivity index (χ0) is 18.3. The van der Waals surface area contributed by atoms with Gasteiger partial charge >= 0.3 is 168 Å². The van der Waals surface area contributed by atoms with Gasteiger partial charge in [-0.1, -0.05) is 0 Å². The summed E-state index contributed by atoms with van der Waals surface area (Å²) in [4.78, 5) is 0. The molecule has 0 saturated heterocycles. The van der Waals surface area contributed by atoms with Gasteiger partial charge in [0.2, 0.25) is 0 Å². The molecule has 0 aliphatic carbocycles. The molecule has 0 rings (SSSR count). The molecule has 0 aliphatic heterocycles. The summed E-state index contributed by atoms with van der Waals surface area (Å²) in [6, 6.07) is 0. The Morgan fingerprint density at radius 2 is 0.577 bits per heavy atom. The van der Waals surface area contributed by atoms with E-state index in [1.165, 1.54) is 128 Å². The van der Waals surface area contributed by atoms with Crippen LogP contribution in [0.3, 0.4) is 0 Å². The molecule has 0 heterocycles. The van der Waals surface area contributed by atoms with Crippen LogP contribution < -0.4 is 4.70 Å². The average Bonchev–Trinajstić information content (AvgIpc) is 2.63. The fourth-order valence-corrected chi connectivity index (χ4v) is 5.14. The zero-order valence-corrected chi connectivity index (χ0v) is 19.7. The molecule has 2 heteroatoms. The van der Waals surface area contributed by atoms with E-state index in [4.69, 9.17) is 0 Å². The third-order valence-electron chi connectivity index (χ3n) is 5.52. The molecule has 0 aromatic carbocycles. The molecular formula is C24H50AlF. The number of unbranched alkanes of at least 4 members (excludes halogenated alkanes) is 18. The van der Waals surface area contributed by atoms with E-state index in [1.54, 1.807) is 10.6 Å². The Morgan fingerprint density at radius 3 is 0.846 bits per heavy atom. The minimum Gasteiger partial charge on any atom is -1.00 e. The van der Waals surface area contributed by atoms with E-state index in [-0.39, 0.29) is 4.70 Å². The molecule has 0 nitrogen and oxygen atoms in total. The van der Waals surface area contributed by atoms with E-state index >= 15 is 0 Å². The molecule has 0 amide bonds. The Morgan fingerprint density at radius 1 is 0.346 bits per heavy atom. The molecule has 0 fully saturated rings. The molecule has 0 atom stereocenters. The molecule has 0 aromatic heterocycles. The van der Waals surface area contributed by atoms with Crippen LogP contribution in [0.25, 0.3) is 0 Å². The number of rotatable bonds is 22. The molecule has 26 heavy (non-hydrogen) atoms. The zero-order valence-electron chi connectivity index (χ0n) is 18.5.